The SMILES string of the molecule is O=C(O)c1sccc1CNCCc1cc(F)cc(F)c1. The Bertz CT molecular complexity index is 593. The summed E-state index contributed by atoms with van der Waals surface area (Å²) in [7, 11) is 0. The van der Waals surface area contributed by atoms with E-state index in [0.29, 0.717) is 35.5 Å². The molecule has 1 heterocycles. The molecule has 2 rings (SSSR count). The third-order valence-corrected chi connectivity index (χ3v) is 3.71. The van der Waals surface area contributed by atoms with Crippen LogP contribution in [0.25, 0.3) is 0 Å². The molecule has 3 nitrogen and oxygen atoms in total. The van der Waals surface area contributed by atoms with E-state index in [-0.39, 0.29) is 0 Å². The molecule has 1 aromatic heterocycles. The Hall–Kier alpha value is -1.79. The number of carbonyl (C=O) groups is 1. The molecule has 2 aromatic rings. The third kappa shape index (κ3) is 3.85. The van der Waals surface area contributed by atoms with Crippen molar-refractivity contribution in [2.24, 2.45) is 0 Å². The van der Waals surface area contributed by atoms with Gasteiger partial charge in [-0.3, -0.25) is 0 Å². The highest BCUT2D eigenvalue weighted by atomic mass is 32.1. The highest BCUT2D eigenvalue weighted by Gasteiger charge is 2.10. The molecular formula is C14H13F2NO2S. The van der Waals surface area contributed by atoms with Crippen molar-refractivity contribution in [3.63, 3.8) is 0 Å². The monoisotopic (exact) mass is 297 g/mol. The summed E-state index contributed by atoms with van der Waals surface area (Å²) in [4.78, 5) is 11.2. The number of nitrogens with one attached hydrogen (secondary N) is 1. The lowest BCUT2D eigenvalue weighted by Crippen LogP contribution is -2.17. The first-order valence-corrected chi connectivity index (χ1v) is 6.89. The maximum atomic E-state index is 13.0. The zero-order chi connectivity index (χ0) is 14.5. The standard InChI is InChI=1S/C14H13F2NO2S/c15-11-5-9(6-12(16)7-11)1-3-17-8-10-2-4-20-13(10)14(18)19/h2,4-7,17H,1,3,8H2,(H,18,19). The van der Waals surface area contributed by atoms with Gasteiger partial charge in [-0.15, -0.1) is 11.3 Å². The minimum atomic E-state index is -0.941. The summed E-state index contributed by atoms with van der Waals surface area (Å²) >= 11 is 1.18. The normalized spacial score (nSPS) is 10.7. The zero-order valence-corrected chi connectivity index (χ0v) is 11.3. The molecule has 2 N–H and O–H groups in total. The molecule has 0 saturated heterocycles. The third-order valence-electron chi connectivity index (χ3n) is 2.77. The number of carboxylic acids is 1. The van der Waals surface area contributed by atoms with E-state index >= 15 is 0 Å². The van der Waals surface area contributed by atoms with E-state index in [2.05, 4.69) is 5.32 Å². The molecule has 0 radical (unpaired) electrons. The van der Waals surface area contributed by atoms with E-state index in [1.807, 2.05) is 0 Å². The summed E-state index contributed by atoms with van der Waals surface area (Å²) in [6.45, 7) is 0.931. The van der Waals surface area contributed by atoms with Crippen molar-refractivity contribution in [3.8, 4) is 0 Å². The summed E-state index contributed by atoms with van der Waals surface area (Å²) in [6, 6.07) is 5.17. The van der Waals surface area contributed by atoms with Gasteiger partial charge in [0.2, 0.25) is 0 Å². The van der Waals surface area contributed by atoms with Gasteiger partial charge in [0.1, 0.15) is 16.5 Å². The molecule has 0 bridgehead atoms. The Morgan fingerprint density at radius 1 is 1.25 bits per heavy atom. The van der Waals surface area contributed by atoms with E-state index < -0.39 is 17.6 Å². The van der Waals surface area contributed by atoms with Crippen LogP contribution >= 0.6 is 11.3 Å². The highest BCUT2D eigenvalue weighted by molar-refractivity contribution is 7.12. The Morgan fingerprint density at radius 2 is 1.95 bits per heavy atom. The predicted molar refractivity (Wildman–Crippen MR) is 73.0 cm³/mol. The number of hydrogen-bond acceptors (Lipinski definition) is 3. The van der Waals surface area contributed by atoms with Crippen LogP contribution in [0.1, 0.15) is 20.8 Å². The van der Waals surface area contributed by atoms with E-state index in [1.165, 1.54) is 23.5 Å². The van der Waals surface area contributed by atoms with Gasteiger partial charge in [0.05, 0.1) is 0 Å². The molecule has 0 spiro atoms. The summed E-state index contributed by atoms with van der Waals surface area (Å²) in [5.74, 6) is -2.12. The molecule has 0 aliphatic heterocycles. The zero-order valence-electron chi connectivity index (χ0n) is 10.5. The number of carboxylic acid groups (broad SMARTS) is 1. The van der Waals surface area contributed by atoms with Gasteiger partial charge in [-0.2, -0.15) is 0 Å². The first kappa shape index (κ1) is 14.6. The topological polar surface area (TPSA) is 49.3 Å². The van der Waals surface area contributed by atoms with E-state index in [4.69, 9.17) is 5.11 Å². The molecule has 20 heavy (non-hydrogen) atoms. The van der Waals surface area contributed by atoms with Crippen LogP contribution in [0.3, 0.4) is 0 Å². The second kappa shape index (κ2) is 6.58. The Morgan fingerprint density at radius 3 is 2.60 bits per heavy atom. The van der Waals surface area contributed by atoms with Crippen molar-refractivity contribution in [3.05, 3.63) is 57.3 Å². The molecular weight excluding hydrogens is 284 g/mol. The van der Waals surface area contributed by atoms with Crippen LogP contribution in [0.15, 0.2) is 29.6 Å². The molecule has 0 fully saturated rings. The number of hydrogen-bond donors (Lipinski definition) is 2. The average Bonchev–Trinajstić information content (AvgIpc) is 2.82. The maximum absolute atomic E-state index is 13.0. The van der Waals surface area contributed by atoms with Gasteiger partial charge in [-0.1, -0.05) is 0 Å². The van der Waals surface area contributed by atoms with Crippen LogP contribution in [0, 0.1) is 11.6 Å². The number of halogens is 2. The summed E-state index contributed by atoms with van der Waals surface area (Å²) in [6.07, 6.45) is 0.473. The molecule has 0 atom stereocenters. The van der Waals surface area contributed by atoms with Gasteiger partial charge >= 0.3 is 5.97 Å². The molecule has 0 unspecified atom stereocenters. The van der Waals surface area contributed by atoms with Crippen LogP contribution in [0.5, 0.6) is 0 Å². The molecule has 0 saturated carbocycles. The lowest BCUT2D eigenvalue weighted by molar-refractivity contribution is 0.0701. The van der Waals surface area contributed by atoms with Crippen LogP contribution in [0.4, 0.5) is 8.78 Å². The number of thiophene rings is 1. The average molecular weight is 297 g/mol. The molecule has 0 amide bonds. The first-order chi connectivity index (χ1) is 9.56. The fourth-order valence-electron chi connectivity index (χ4n) is 1.87. The van der Waals surface area contributed by atoms with Crippen molar-refractivity contribution in [2.75, 3.05) is 6.54 Å². The second-order valence-electron chi connectivity index (χ2n) is 4.28. The van der Waals surface area contributed by atoms with Crippen molar-refractivity contribution in [1.29, 1.82) is 0 Å². The van der Waals surface area contributed by atoms with Crippen LogP contribution in [-0.4, -0.2) is 17.6 Å². The minimum Gasteiger partial charge on any atom is -0.477 e. The van der Waals surface area contributed by atoms with E-state index in [1.54, 1.807) is 11.4 Å². The van der Waals surface area contributed by atoms with Gasteiger partial charge in [0.15, 0.2) is 0 Å². The molecule has 0 aliphatic carbocycles. The fourth-order valence-corrected chi connectivity index (χ4v) is 2.63. The second-order valence-corrected chi connectivity index (χ2v) is 5.20. The van der Waals surface area contributed by atoms with Gasteiger partial charge < -0.3 is 10.4 Å². The number of benzene rings is 1. The van der Waals surface area contributed by atoms with Crippen LogP contribution < -0.4 is 5.32 Å². The van der Waals surface area contributed by atoms with Gasteiger partial charge in [0, 0.05) is 12.6 Å². The first-order valence-electron chi connectivity index (χ1n) is 6.01. The Kier molecular flexibility index (Phi) is 4.81. The summed E-state index contributed by atoms with van der Waals surface area (Å²) < 4.78 is 26.0. The Labute approximate surface area is 118 Å². The molecule has 1 aromatic carbocycles. The van der Waals surface area contributed by atoms with Crippen LogP contribution in [0.2, 0.25) is 0 Å². The van der Waals surface area contributed by atoms with Crippen molar-refractivity contribution in [2.45, 2.75) is 13.0 Å². The molecule has 0 aliphatic rings. The Balaban J connectivity index is 1.84. The fraction of sp³-hybridized carbons (Fsp3) is 0.214. The van der Waals surface area contributed by atoms with Gasteiger partial charge in [-0.05, 0) is 47.7 Å². The van der Waals surface area contributed by atoms with Crippen LogP contribution in [-0.2, 0) is 13.0 Å². The van der Waals surface area contributed by atoms with Crippen molar-refractivity contribution >= 4 is 17.3 Å². The van der Waals surface area contributed by atoms with Crippen molar-refractivity contribution in [1.82, 2.24) is 5.32 Å². The number of aromatic carboxylic acids is 1. The lowest BCUT2D eigenvalue weighted by Gasteiger charge is -2.05. The van der Waals surface area contributed by atoms with E-state index in [0.717, 1.165) is 6.07 Å². The smallest absolute Gasteiger partial charge is 0.346 e. The maximum Gasteiger partial charge on any atom is 0.346 e. The molecule has 106 valence electrons. The van der Waals surface area contributed by atoms with Gasteiger partial charge in [-0.25, -0.2) is 13.6 Å². The van der Waals surface area contributed by atoms with Crippen molar-refractivity contribution < 1.29 is 18.7 Å². The largest absolute Gasteiger partial charge is 0.477 e. The van der Waals surface area contributed by atoms with E-state index in [9.17, 15) is 13.6 Å². The van der Waals surface area contributed by atoms with Gasteiger partial charge in [0.25, 0.3) is 0 Å². The summed E-state index contributed by atoms with van der Waals surface area (Å²) in [5.41, 5.74) is 1.28. The predicted octanol–water partition coefficient (Wildman–Crippen LogP) is 3.06. The summed E-state index contributed by atoms with van der Waals surface area (Å²) in [5, 5.41) is 13.7. The lowest BCUT2D eigenvalue weighted by atomic mass is 10.1. The number of rotatable bonds is 6. The molecule has 6 heteroatoms. The minimum absolute atomic E-state index is 0.314. The quantitative estimate of drug-likeness (QED) is 0.806. The highest BCUT2D eigenvalue weighted by Crippen LogP contribution is 2.16.